The molecule has 8 heteroatoms. The molecule has 0 aromatic carbocycles. The molecule has 0 amide bonds. The first-order valence-corrected chi connectivity index (χ1v) is 6.37. The molecule has 0 N–H and O–H groups in total. The van der Waals surface area contributed by atoms with Crippen molar-refractivity contribution in [2.75, 3.05) is 18.8 Å². The normalized spacial score (nSPS) is 18.7. The number of thiol groups is 1. The lowest BCUT2D eigenvalue weighted by molar-refractivity contribution is -0.148. The van der Waals surface area contributed by atoms with Crippen LogP contribution in [0.5, 0.6) is 0 Å². The highest BCUT2D eigenvalue weighted by molar-refractivity contribution is 7.80. The maximum Gasteiger partial charge on any atom is 0.451 e. The van der Waals surface area contributed by atoms with Crippen molar-refractivity contribution < 1.29 is 13.2 Å². The summed E-state index contributed by atoms with van der Waals surface area (Å²) in [5.41, 5.74) is 0. The molecule has 0 saturated carbocycles. The molecule has 2 rings (SSSR count). The van der Waals surface area contributed by atoms with Gasteiger partial charge in [-0.15, -0.1) is 10.2 Å². The van der Waals surface area contributed by atoms with E-state index in [1.54, 1.807) is 0 Å². The molecule has 1 aromatic rings. The molecular formula is C10H15F3N4S. The van der Waals surface area contributed by atoms with E-state index in [2.05, 4.69) is 34.6 Å². The van der Waals surface area contributed by atoms with E-state index >= 15 is 0 Å². The third-order valence-electron chi connectivity index (χ3n) is 2.97. The number of aromatic nitrogens is 3. The lowest BCUT2D eigenvalue weighted by atomic mass is 10.2. The van der Waals surface area contributed by atoms with Gasteiger partial charge < -0.3 is 4.57 Å². The van der Waals surface area contributed by atoms with Gasteiger partial charge in [-0.1, -0.05) is 6.92 Å². The molecule has 2 heterocycles. The molecule has 0 spiro atoms. The highest BCUT2D eigenvalue weighted by Crippen LogP contribution is 2.29. The first kappa shape index (κ1) is 13.7. The zero-order valence-corrected chi connectivity index (χ0v) is 10.9. The Balaban J connectivity index is 2.10. The maximum atomic E-state index is 12.6. The Morgan fingerprint density at radius 1 is 1.33 bits per heavy atom. The Morgan fingerprint density at radius 3 is 2.67 bits per heavy atom. The molecular weight excluding hydrogens is 265 g/mol. The minimum absolute atomic E-state index is 0.288. The summed E-state index contributed by atoms with van der Waals surface area (Å²) >= 11 is 4.20. The average Bonchev–Trinajstić information content (AvgIpc) is 2.71. The van der Waals surface area contributed by atoms with Crippen LogP contribution in [0, 0.1) is 5.92 Å². The van der Waals surface area contributed by atoms with Crippen LogP contribution in [0.15, 0.2) is 0 Å². The van der Waals surface area contributed by atoms with Crippen LogP contribution in [-0.4, -0.2) is 38.5 Å². The first-order chi connectivity index (χ1) is 8.41. The SMILES string of the molecule is CC(CS)CN1CCn2c(nnc2C(F)(F)F)C1. The summed E-state index contributed by atoms with van der Waals surface area (Å²) in [6.07, 6.45) is -4.42. The highest BCUT2D eigenvalue weighted by Gasteiger charge is 2.39. The number of halogens is 3. The second kappa shape index (κ2) is 5.08. The van der Waals surface area contributed by atoms with Crippen molar-refractivity contribution in [1.29, 1.82) is 0 Å². The van der Waals surface area contributed by atoms with Crippen LogP contribution in [0.4, 0.5) is 13.2 Å². The molecule has 4 nitrogen and oxygen atoms in total. The Kier molecular flexibility index (Phi) is 3.86. The van der Waals surface area contributed by atoms with Crippen molar-refractivity contribution in [3.63, 3.8) is 0 Å². The number of hydrogen-bond donors (Lipinski definition) is 1. The first-order valence-electron chi connectivity index (χ1n) is 5.74. The molecule has 1 aliphatic rings. The van der Waals surface area contributed by atoms with Crippen molar-refractivity contribution in [1.82, 2.24) is 19.7 Å². The quantitative estimate of drug-likeness (QED) is 0.855. The third-order valence-corrected chi connectivity index (χ3v) is 3.59. The summed E-state index contributed by atoms with van der Waals surface area (Å²) in [6.45, 7) is 4.18. The molecule has 0 bridgehead atoms. The van der Waals surface area contributed by atoms with Crippen LogP contribution in [0.2, 0.25) is 0 Å². The fourth-order valence-corrected chi connectivity index (χ4v) is 2.19. The van der Waals surface area contributed by atoms with Crippen LogP contribution in [-0.2, 0) is 19.3 Å². The Hall–Kier alpha value is -0.760. The predicted molar refractivity (Wildman–Crippen MR) is 63.3 cm³/mol. The number of nitrogens with zero attached hydrogens (tertiary/aromatic N) is 4. The van der Waals surface area contributed by atoms with Gasteiger partial charge in [-0.25, -0.2) is 0 Å². The Morgan fingerprint density at radius 2 is 2.06 bits per heavy atom. The molecule has 0 fully saturated rings. The van der Waals surface area contributed by atoms with Gasteiger partial charge in [-0.2, -0.15) is 25.8 Å². The second-order valence-corrected chi connectivity index (χ2v) is 4.98. The van der Waals surface area contributed by atoms with Crippen LogP contribution in [0.3, 0.4) is 0 Å². The smallest absolute Gasteiger partial charge is 0.305 e. The van der Waals surface area contributed by atoms with Crippen LogP contribution < -0.4 is 0 Å². The highest BCUT2D eigenvalue weighted by atomic mass is 32.1. The van der Waals surface area contributed by atoms with E-state index in [1.165, 1.54) is 4.57 Å². The molecule has 18 heavy (non-hydrogen) atoms. The minimum atomic E-state index is -4.42. The molecule has 0 saturated heterocycles. The van der Waals surface area contributed by atoms with Gasteiger partial charge >= 0.3 is 6.18 Å². The fraction of sp³-hybridized carbons (Fsp3) is 0.800. The number of alkyl halides is 3. The summed E-state index contributed by atoms with van der Waals surface area (Å²) in [5, 5.41) is 6.89. The van der Waals surface area contributed by atoms with Crippen molar-refractivity contribution >= 4 is 12.6 Å². The third kappa shape index (κ3) is 2.80. The standard InChI is InChI=1S/C10H15F3N4S/c1-7(6-18)4-16-2-3-17-8(5-16)14-15-9(17)10(11,12)13/h7,18H,2-6H2,1H3. The van der Waals surface area contributed by atoms with Crippen molar-refractivity contribution in [2.24, 2.45) is 5.92 Å². The molecule has 0 radical (unpaired) electrons. The molecule has 1 atom stereocenters. The zero-order chi connectivity index (χ0) is 13.3. The Bertz CT molecular complexity index is 418. The van der Waals surface area contributed by atoms with Crippen LogP contribution in [0.1, 0.15) is 18.6 Å². The van der Waals surface area contributed by atoms with Crippen LogP contribution in [0.25, 0.3) is 0 Å². The number of fused-ring (bicyclic) bond motifs is 1. The van der Waals surface area contributed by atoms with Crippen molar-refractivity contribution in [3.8, 4) is 0 Å². The van der Waals surface area contributed by atoms with Gasteiger partial charge in [-0.05, 0) is 11.7 Å². The minimum Gasteiger partial charge on any atom is -0.305 e. The maximum absolute atomic E-state index is 12.6. The van der Waals surface area contributed by atoms with Gasteiger partial charge in [0.05, 0.1) is 6.54 Å². The number of rotatable bonds is 3. The largest absolute Gasteiger partial charge is 0.451 e. The monoisotopic (exact) mass is 280 g/mol. The molecule has 0 aliphatic carbocycles. The van der Waals surface area contributed by atoms with E-state index in [0.717, 1.165) is 12.3 Å². The topological polar surface area (TPSA) is 34.0 Å². The van der Waals surface area contributed by atoms with Gasteiger partial charge in [0.1, 0.15) is 5.82 Å². The van der Waals surface area contributed by atoms with E-state index in [-0.39, 0.29) is 6.54 Å². The molecule has 1 unspecified atom stereocenters. The summed E-state index contributed by atoms with van der Waals surface area (Å²) in [5.74, 6) is 0.668. The van der Waals surface area contributed by atoms with Crippen molar-refractivity contribution in [2.45, 2.75) is 26.2 Å². The van der Waals surface area contributed by atoms with E-state index in [9.17, 15) is 13.2 Å². The predicted octanol–water partition coefficient (Wildman–Crippen LogP) is 1.68. The fourth-order valence-electron chi connectivity index (χ4n) is 2.07. The lowest BCUT2D eigenvalue weighted by Gasteiger charge is -2.29. The van der Waals surface area contributed by atoms with Crippen molar-refractivity contribution in [3.05, 3.63) is 11.6 Å². The zero-order valence-electron chi connectivity index (χ0n) is 9.98. The summed E-state index contributed by atoms with van der Waals surface area (Å²) in [4.78, 5) is 2.09. The summed E-state index contributed by atoms with van der Waals surface area (Å²) < 4.78 is 39.0. The van der Waals surface area contributed by atoms with Gasteiger partial charge in [0.15, 0.2) is 0 Å². The van der Waals surface area contributed by atoms with E-state index in [0.29, 0.717) is 24.8 Å². The molecule has 102 valence electrons. The van der Waals surface area contributed by atoms with Gasteiger partial charge in [0, 0.05) is 19.6 Å². The number of hydrogen-bond acceptors (Lipinski definition) is 4. The Labute approximate surface area is 109 Å². The summed E-state index contributed by atoms with van der Waals surface area (Å²) in [6, 6.07) is 0. The van der Waals surface area contributed by atoms with E-state index < -0.39 is 12.0 Å². The molecule has 1 aromatic heterocycles. The van der Waals surface area contributed by atoms with Gasteiger partial charge in [0.25, 0.3) is 0 Å². The molecule has 1 aliphatic heterocycles. The van der Waals surface area contributed by atoms with Gasteiger partial charge in [0.2, 0.25) is 5.82 Å². The van der Waals surface area contributed by atoms with E-state index in [1.807, 2.05) is 0 Å². The summed E-state index contributed by atoms with van der Waals surface area (Å²) in [7, 11) is 0. The van der Waals surface area contributed by atoms with E-state index in [4.69, 9.17) is 0 Å². The van der Waals surface area contributed by atoms with Gasteiger partial charge in [-0.3, -0.25) is 4.90 Å². The average molecular weight is 280 g/mol. The van der Waals surface area contributed by atoms with Crippen LogP contribution >= 0.6 is 12.6 Å². The second-order valence-electron chi connectivity index (χ2n) is 4.61. The lowest BCUT2D eigenvalue weighted by Crippen LogP contribution is -2.38.